The van der Waals surface area contributed by atoms with E-state index < -0.39 is 0 Å². The molecule has 1 aromatic heterocycles. The molecule has 0 radical (unpaired) electrons. The van der Waals surface area contributed by atoms with Crippen LogP contribution in [0.1, 0.15) is 13.8 Å². The van der Waals surface area contributed by atoms with E-state index in [9.17, 15) is 0 Å². The first-order chi connectivity index (χ1) is 14.3. The number of nitrogens with zero attached hydrogens (tertiary/aromatic N) is 5. The Hall–Kier alpha value is -2.50. The molecule has 2 heterocycles. The van der Waals surface area contributed by atoms with Crippen molar-refractivity contribution in [1.29, 1.82) is 0 Å². The summed E-state index contributed by atoms with van der Waals surface area (Å²) in [6, 6.07) is 17.0. The Labute approximate surface area is 174 Å². The molecule has 0 spiro atoms. The summed E-state index contributed by atoms with van der Waals surface area (Å²) in [5.41, 5.74) is 2.17. The molecule has 1 aliphatic heterocycles. The van der Waals surface area contributed by atoms with E-state index in [1.807, 2.05) is 0 Å². The number of hydrogen-bond donors (Lipinski definition) is 0. The van der Waals surface area contributed by atoms with Gasteiger partial charge >= 0.3 is 0 Å². The lowest BCUT2D eigenvalue weighted by atomic mass is 10.0. The first-order valence-electron chi connectivity index (χ1n) is 10.8. The molecule has 0 unspecified atom stereocenters. The Kier molecular flexibility index (Phi) is 6.37. The van der Waals surface area contributed by atoms with Crippen LogP contribution >= 0.6 is 0 Å². The largest absolute Gasteiger partial charge is 0.354 e. The summed E-state index contributed by atoms with van der Waals surface area (Å²) >= 11 is 0. The number of anilines is 1. The van der Waals surface area contributed by atoms with Crippen LogP contribution in [0.4, 0.5) is 5.82 Å². The average Bonchev–Trinajstić information content (AvgIpc) is 2.80. The number of rotatable bonds is 7. The van der Waals surface area contributed by atoms with Gasteiger partial charge in [0, 0.05) is 50.9 Å². The molecule has 0 saturated carbocycles. The van der Waals surface area contributed by atoms with Crippen molar-refractivity contribution in [3.63, 3.8) is 0 Å². The molecule has 1 fully saturated rings. The molecule has 0 atom stereocenters. The van der Waals surface area contributed by atoms with Gasteiger partial charge in [0.05, 0.1) is 5.69 Å². The maximum absolute atomic E-state index is 4.58. The molecule has 0 aliphatic carbocycles. The average molecular weight is 390 g/mol. The number of benzene rings is 2. The standard InChI is InChI=1S/C24H31N5/c1-3-27(4-2)12-13-28-14-16-29(17-15-28)24-18-23(25-19-26-24)22-11-7-9-20-8-5-6-10-21(20)22/h5-11,18-19H,3-4,12-17H2,1-2H3. The van der Waals surface area contributed by atoms with Gasteiger partial charge in [-0.2, -0.15) is 0 Å². The second kappa shape index (κ2) is 9.33. The summed E-state index contributed by atoms with van der Waals surface area (Å²) in [4.78, 5) is 16.6. The Bertz CT molecular complexity index is 924. The third-order valence-corrected chi connectivity index (χ3v) is 6.04. The van der Waals surface area contributed by atoms with Crippen LogP contribution < -0.4 is 4.90 Å². The van der Waals surface area contributed by atoms with Gasteiger partial charge < -0.3 is 9.80 Å². The molecule has 2 aromatic carbocycles. The van der Waals surface area contributed by atoms with Crippen molar-refractivity contribution in [2.24, 2.45) is 0 Å². The minimum Gasteiger partial charge on any atom is -0.354 e. The molecule has 29 heavy (non-hydrogen) atoms. The van der Waals surface area contributed by atoms with Gasteiger partial charge in [-0.1, -0.05) is 56.3 Å². The minimum absolute atomic E-state index is 0.996. The minimum atomic E-state index is 0.996. The first kappa shape index (κ1) is 19.8. The van der Waals surface area contributed by atoms with Gasteiger partial charge in [-0.15, -0.1) is 0 Å². The molecule has 3 aromatic rings. The molecule has 152 valence electrons. The van der Waals surface area contributed by atoms with Crippen molar-refractivity contribution >= 4 is 16.6 Å². The summed E-state index contributed by atoms with van der Waals surface area (Å²) in [6.45, 7) is 13.3. The van der Waals surface area contributed by atoms with Gasteiger partial charge in [0.25, 0.3) is 0 Å². The quantitative estimate of drug-likeness (QED) is 0.615. The van der Waals surface area contributed by atoms with Gasteiger partial charge in [0.1, 0.15) is 12.1 Å². The monoisotopic (exact) mass is 389 g/mol. The van der Waals surface area contributed by atoms with Gasteiger partial charge in [-0.25, -0.2) is 9.97 Å². The maximum Gasteiger partial charge on any atom is 0.132 e. The predicted octanol–water partition coefficient (Wildman–Crippen LogP) is 3.76. The van der Waals surface area contributed by atoms with E-state index in [0.717, 1.165) is 63.9 Å². The number of aromatic nitrogens is 2. The second-order valence-electron chi connectivity index (χ2n) is 7.64. The summed E-state index contributed by atoms with van der Waals surface area (Å²) in [7, 11) is 0. The fraction of sp³-hybridized carbons (Fsp3) is 0.417. The van der Waals surface area contributed by atoms with E-state index in [1.54, 1.807) is 6.33 Å². The van der Waals surface area contributed by atoms with Crippen molar-refractivity contribution in [3.05, 3.63) is 54.9 Å². The molecule has 5 heteroatoms. The molecule has 0 amide bonds. The summed E-state index contributed by atoms with van der Waals surface area (Å²) < 4.78 is 0. The van der Waals surface area contributed by atoms with Crippen LogP contribution in [0.5, 0.6) is 0 Å². The van der Waals surface area contributed by atoms with Gasteiger partial charge in [-0.05, 0) is 23.9 Å². The fourth-order valence-corrected chi connectivity index (χ4v) is 4.14. The Morgan fingerprint density at radius 2 is 1.66 bits per heavy atom. The van der Waals surface area contributed by atoms with Crippen LogP contribution in [0.15, 0.2) is 54.9 Å². The number of likely N-dealkylation sites (N-methyl/N-ethyl adjacent to an activating group) is 1. The topological polar surface area (TPSA) is 35.5 Å². The second-order valence-corrected chi connectivity index (χ2v) is 7.64. The van der Waals surface area contributed by atoms with Crippen LogP contribution in [0.25, 0.3) is 22.0 Å². The molecule has 1 aliphatic rings. The molecule has 4 rings (SSSR count). The molecule has 0 bridgehead atoms. The lowest BCUT2D eigenvalue weighted by Crippen LogP contribution is -2.48. The predicted molar refractivity (Wildman–Crippen MR) is 121 cm³/mol. The van der Waals surface area contributed by atoms with E-state index in [2.05, 4.69) is 87.0 Å². The molecule has 5 nitrogen and oxygen atoms in total. The highest BCUT2D eigenvalue weighted by molar-refractivity contribution is 5.95. The van der Waals surface area contributed by atoms with Crippen LogP contribution in [0.2, 0.25) is 0 Å². The van der Waals surface area contributed by atoms with Crippen LogP contribution in [-0.2, 0) is 0 Å². The van der Waals surface area contributed by atoms with Crippen molar-refractivity contribution < 1.29 is 0 Å². The van der Waals surface area contributed by atoms with Crippen LogP contribution in [0.3, 0.4) is 0 Å². The molecule has 0 N–H and O–H groups in total. The highest BCUT2D eigenvalue weighted by Gasteiger charge is 2.19. The zero-order valence-corrected chi connectivity index (χ0v) is 17.6. The number of piperazine rings is 1. The Morgan fingerprint density at radius 1 is 0.897 bits per heavy atom. The summed E-state index contributed by atoms with van der Waals surface area (Å²) in [6.07, 6.45) is 1.71. The van der Waals surface area contributed by atoms with E-state index in [4.69, 9.17) is 0 Å². The fourth-order valence-electron chi connectivity index (χ4n) is 4.14. The lowest BCUT2D eigenvalue weighted by molar-refractivity contribution is 0.205. The summed E-state index contributed by atoms with van der Waals surface area (Å²) in [5, 5.41) is 2.48. The van der Waals surface area contributed by atoms with E-state index >= 15 is 0 Å². The Morgan fingerprint density at radius 3 is 2.45 bits per heavy atom. The van der Waals surface area contributed by atoms with E-state index in [1.165, 1.54) is 16.3 Å². The van der Waals surface area contributed by atoms with Crippen molar-refractivity contribution in [2.45, 2.75) is 13.8 Å². The van der Waals surface area contributed by atoms with Gasteiger partial charge in [-0.3, -0.25) is 4.90 Å². The third-order valence-electron chi connectivity index (χ3n) is 6.04. The highest BCUT2D eigenvalue weighted by atomic mass is 15.3. The zero-order valence-electron chi connectivity index (χ0n) is 17.6. The van der Waals surface area contributed by atoms with Gasteiger partial charge in [0.15, 0.2) is 0 Å². The van der Waals surface area contributed by atoms with E-state index in [-0.39, 0.29) is 0 Å². The third kappa shape index (κ3) is 4.57. The first-order valence-corrected chi connectivity index (χ1v) is 10.8. The number of fused-ring (bicyclic) bond motifs is 1. The molecular formula is C24H31N5. The lowest BCUT2D eigenvalue weighted by Gasteiger charge is -2.36. The SMILES string of the molecule is CCN(CC)CCN1CCN(c2cc(-c3cccc4ccccc34)ncn2)CC1. The summed E-state index contributed by atoms with van der Waals surface area (Å²) in [5.74, 6) is 1.03. The smallest absolute Gasteiger partial charge is 0.132 e. The van der Waals surface area contributed by atoms with Crippen LogP contribution in [0, 0.1) is 0 Å². The highest BCUT2D eigenvalue weighted by Crippen LogP contribution is 2.28. The maximum atomic E-state index is 4.58. The molecular weight excluding hydrogens is 358 g/mol. The van der Waals surface area contributed by atoms with Crippen LogP contribution in [-0.4, -0.2) is 72.1 Å². The van der Waals surface area contributed by atoms with Crippen molar-refractivity contribution in [3.8, 4) is 11.3 Å². The van der Waals surface area contributed by atoms with Gasteiger partial charge in [0.2, 0.25) is 0 Å². The van der Waals surface area contributed by atoms with Crippen molar-refractivity contribution in [2.75, 3.05) is 57.3 Å². The van der Waals surface area contributed by atoms with E-state index in [0.29, 0.717) is 0 Å². The Balaban J connectivity index is 1.45. The molecule has 1 saturated heterocycles. The van der Waals surface area contributed by atoms with Crippen molar-refractivity contribution in [1.82, 2.24) is 19.8 Å². The zero-order chi connectivity index (χ0) is 20.1. The normalized spacial score (nSPS) is 15.3. The number of hydrogen-bond acceptors (Lipinski definition) is 5.